The molecule has 2 aromatic carbocycles. The van der Waals surface area contributed by atoms with Crippen LogP contribution in [0.25, 0.3) is 22.6 Å². The normalized spacial score (nSPS) is 12.7. The highest BCUT2D eigenvalue weighted by Crippen LogP contribution is 2.32. The second kappa shape index (κ2) is 12.8. The van der Waals surface area contributed by atoms with Gasteiger partial charge in [-0.3, -0.25) is 23.5 Å². The number of hydrogen-bond donors (Lipinski definition) is 3. The van der Waals surface area contributed by atoms with Crippen LogP contribution >= 0.6 is 0 Å². The van der Waals surface area contributed by atoms with Crippen LogP contribution < -0.4 is 21.9 Å². The smallest absolute Gasteiger partial charge is 0.333 e. The Labute approximate surface area is 265 Å². The number of carbonyl (C=O) groups is 2. The van der Waals surface area contributed by atoms with E-state index in [4.69, 9.17) is 0 Å². The molecule has 0 radical (unpaired) electrons. The zero-order valence-electron chi connectivity index (χ0n) is 26.0. The van der Waals surface area contributed by atoms with Gasteiger partial charge in [-0.25, -0.2) is 14.8 Å². The van der Waals surface area contributed by atoms with Gasteiger partial charge in [-0.15, -0.1) is 0 Å². The van der Waals surface area contributed by atoms with E-state index in [0.717, 1.165) is 30.4 Å². The van der Waals surface area contributed by atoms with Crippen molar-refractivity contribution in [2.45, 2.75) is 51.9 Å². The average molecular weight is 621 g/mol. The van der Waals surface area contributed by atoms with Crippen molar-refractivity contribution in [1.82, 2.24) is 34.3 Å². The molecule has 0 saturated heterocycles. The number of amides is 2. The van der Waals surface area contributed by atoms with Crippen LogP contribution in [0.4, 0.5) is 5.82 Å². The van der Waals surface area contributed by atoms with Crippen molar-refractivity contribution < 1.29 is 9.59 Å². The molecule has 12 nitrogen and oxygen atoms in total. The molecule has 1 saturated carbocycles. The van der Waals surface area contributed by atoms with E-state index in [1.807, 2.05) is 43.3 Å². The Bertz CT molecular complexity index is 2020. The molecule has 1 aliphatic carbocycles. The first-order valence-electron chi connectivity index (χ1n) is 15.4. The molecule has 0 atom stereocenters. The molecule has 2 amide bonds. The number of H-pyrrole nitrogens is 1. The molecule has 1 fully saturated rings. The van der Waals surface area contributed by atoms with E-state index < -0.39 is 0 Å². The van der Waals surface area contributed by atoms with Gasteiger partial charge in [-0.2, -0.15) is 0 Å². The number of aryl methyl sites for hydroxylation is 1. The van der Waals surface area contributed by atoms with Crippen molar-refractivity contribution in [3.05, 3.63) is 110 Å². The summed E-state index contributed by atoms with van der Waals surface area (Å²) in [6, 6.07) is 18.2. The van der Waals surface area contributed by atoms with Crippen LogP contribution in [-0.2, 0) is 19.6 Å². The van der Waals surface area contributed by atoms with Gasteiger partial charge in [0, 0.05) is 62.7 Å². The van der Waals surface area contributed by atoms with Gasteiger partial charge in [0.15, 0.2) is 5.65 Å². The van der Waals surface area contributed by atoms with Crippen LogP contribution in [0.5, 0.6) is 0 Å². The molecular formula is C34H36N8O4. The molecule has 1 aliphatic rings. The quantitative estimate of drug-likeness (QED) is 0.203. The second-order valence-electron chi connectivity index (χ2n) is 11.7. The van der Waals surface area contributed by atoms with Crippen molar-refractivity contribution in [1.29, 1.82) is 0 Å². The standard InChI is InChI=1S/C34H36N8O4/c1-4-16-41-30-28(33(45)42(34(41)46)26-13-14-26)38-29(39-30)25-12-15-27(36-20-25)35-18-21-8-10-22(11-9-21)19-37-31(43)23-6-5-7-24(17-23)32(44)40(2)3/h5-12,15,17,20,26H,4,13-14,16,18-19H2,1-3H3,(H,35,36)(H,37,43)(H,38,39). The maximum absolute atomic E-state index is 13.1. The van der Waals surface area contributed by atoms with Crippen LogP contribution in [0.15, 0.2) is 76.4 Å². The Kier molecular flexibility index (Phi) is 8.51. The zero-order valence-corrected chi connectivity index (χ0v) is 26.0. The lowest BCUT2D eigenvalue weighted by Gasteiger charge is -2.11. The first-order valence-corrected chi connectivity index (χ1v) is 15.4. The Morgan fingerprint density at radius 2 is 1.70 bits per heavy atom. The summed E-state index contributed by atoms with van der Waals surface area (Å²) in [5.41, 5.74) is 3.68. The summed E-state index contributed by atoms with van der Waals surface area (Å²) in [7, 11) is 3.35. The fourth-order valence-electron chi connectivity index (χ4n) is 5.30. The number of aromatic nitrogens is 5. The van der Waals surface area contributed by atoms with Crippen molar-refractivity contribution in [3.8, 4) is 11.4 Å². The monoisotopic (exact) mass is 620 g/mol. The number of benzene rings is 2. The Hall–Kier alpha value is -5.52. The molecule has 6 rings (SSSR count). The number of carbonyl (C=O) groups excluding carboxylic acids is 2. The van der Waals surface area contributed by atoms with Crippen LogP contribution in [0.2, 0.25) is 0 Å². The lowest BCUT2D eigenvalue weighted by atomic mass is 10.1. The van der Waals surface area contributed by atoms with E-state index in [-0.39, 0.29) is 29.1 Å². The van der Waals surface area contributed by atoms with Crippen molar-refractivity contribution in [2.24, 2.45) is 0 Å². The SMILES string of the molecule is CCCn1c(=O)n(C2CC2)c(=O)c2[nH]c(-c3ccc(NCc4ccc(CNC(=O)c5cccc(C(=O)N(C)C)c5)cc4)nc3)nc21. The zero-order chi connectivity index (χ0) is 32.4. The maximum atomic E-state index is 13.1. The number of fused-ring (bicyclic) bond motifs is 1. The summed E-state index contributed by atoms with van der Waals surface area (Å²) in [6.07, 6.45) is 4.11. The van der Waals surface area contributed by atoms with Gasteiger partial charge in [0.05, 0.1) is 0 Å². The topological polar surface area (TPSA) is 147 Å². The lowest BCUT2D eigenvalue weighted by molar-refractivity contribution is 0.0827. The number of hydrogen-bond acceptors (Lipinski definition) is 7. The van der Waals surface area contributed by atoms with Crippen LogP contribution in [0.1, 0.15) is 64.1 Å². The van der Waals surface area contributed by atoms with Gasteiger partial charge in [0.1, 0.15) is 17.2 Å². The molecule has 5 aromatic rings. The summed E-state index contributed by atoms with van der Waals surface area (Å²) in [5, 5.41) is 6.22. The molecule has 3 aromatic heterocycles. The van der Waals surface area contributed by atoms with Gasteiger partial charge in [-0.1, -0.05) is 37.3 Å². The van der Waals surface area contributed by atoms with Crippen LogP contribution in [0.3, 0.4) is 0 Å². The second-order valence-corrected chi connectivity index (χ2v) is 11.7. The fraction of sp³-hybridized carbons (Fsp3) is 0.294. The highest BCUT2D eigenvalue weighted by atomic mass is 16.2. The van der Waals surface area contributed by atoms with Crippen LogP contribution in [-0.4, -0.2) is 54.9 Å². The summed E-state index contributed by atoms with van der Waals surface area (Å²) >= 11 is 0. The van der Waals surface area contributed by atoms with Crippen molar-refractivity contribution in [3.63, 3.8) is 0 Å². The molecule has 46 heavy (non-hydrogen) atoms. The van der Waals surface area contributed by atoms with Gasteiger partial charge in [-0.05, 0) is 60.7 Å². The highest BCUT2D eigenvalue weighted by molar-refractivity contribution is 5.99. The Morgan fingerprint density at radius 1 is 0.978 bits per heavy atom. The van der Waals surface area contributed by atoms with Gasteiger partial charge < -0.3 is 20.5 Å². The van der Waals surface area contributed by atoms with Gasteiger partial charge in [0.25, 0.3) is 17.4 Å². The number of rotatable bonds is 11. The number of nitrogens with zero attached hydrogens (tertiary/aromatic N) is 5. The molecule has 0 unspecified atom stereocenters. The predicted molar refractivity (Wildman–Crippen MR) is 176 cm³/mol. The molecule has 3 N–H and O–H groups in total. The minimum absolute atomic E-state index is 0.0288. The lowest BCUT2D eigenvalue weighted by Crippen LogP contribution is -2.39. The molecule has 236 valence electrons. The van der Waals surface area contributed by atoms with E-state index in [2.05, 4.69) is 25.6 Å². The summed E-state index contributed by atoms with van der Waals surface area (Å²) < 4.78 is 2.95. The minimum Gasteiger partial charge on any atom is -0.366 e. The fourth-order valence-corrected chi connectivity index (χ4v) is 5.30. The number of aromatic amines is 1. The maximum Gasteiger partial charge on any atom is 0.333 e. The summed E-state index contributed by atoms with van der Waals surface area (Å²) in [6.45, 7) is 3.37. The highest BCUT2D eigenvalue weighted by Gasteiger charge is 2.30. The van der Waals surface area contributed by atoms with E-state index in [9.17, 15) is 19.2 Å². The molecule has 0 bridgehead atoms. The van der Waals surface area contributed by atoms with E-state index in [0.29, 0.717) is 59.1 Å². The number of imidazole rings is 1. The van der Waals surface area contributed by atoms with Gasteiger partial charge >= 0.3 is 5.69 Å². The number of anilines is 1. The Morgan fingerprint density at radius 3 is 2.35 bits per heavy atom. The third-order valence-corrected chi connectivity index (χ3v) is 7.93. The third-order valence-electron chi connectivity index (χ3n) is 7.93. The predicted octanol–water partition coefficient (Wildman–Crippen LogP) is 3.94. The first kappa shape index (κ1) is 30.5. The third kappa shape index (κ3) is 6.32. The van der Waals surface area contributed by atoms with Crippen LogP contribution in [0, 0.1) is 0 Å². The molecule has 3 heterocycles. The first-order chi connectivity index (χ1) is 22.2. The minimum atomic E-state index is -0.323. The van der Waals surface area contributed by atoms with Gasteiger partial charge in [0.2, 0.25) is 0 Å². The van der Waals surface area contributed by atoms with E-state index >= 15 is 0 Å². The number of pyridine rings is 1. The molecular weight excluding hydrogens is 584 g/mol. The van der Waals surface area contributed by atoms with E-state index in [1.165, 1.54) is 9.47 Å². The molecule has 12 heteroatoms. The number of nitrogens with one attached hydrogen (secondary N) is 3. The average Bonchev–Trinajstić information content (AvgIpc) is 3.81. The van der Waals surface area contributed by atoms with E-state index in [1.54, 1.807) is 49.1 Å². The summed E-state index contributed by atoms with van der Waals surface area (Å²) in [4.78, 5) is 64.8. The Balaban J connectivity index is 1.07. The molecule has 0 aliphatic heterocycles. The largest absolute Gasteiger partial charge is 0.366 e. The van der Waals surface area contributed by atoms with Crippen molar-refractivity contribution >= 4 is 28.8 Å². The molecule has 0 spiro atoms. The van der Waals surface area contributed by atoms with Crippen molar-refractivity contribution in [2.75, 3.05) is 19.4 Å². The summed E-state index contributed by atoms with van der Waals surface area (Å²) in [5.74, 6) is 0.755.